The van der Waals surface area contributed by atoms with E-state index >= 15 is 0 Å². The fourth-order valence-corrected chi connectivity index (χ4v) is 8.39. The van der Waals surface area contributed by atoms with Gasteiger partial charge in [0.15, 0.2) is 5.78 Å². The Kier molecular flexibility index (Phi) is 10.4. The smallest absolute Gasteiger partial charge is 0.282 e. The van der Waals surface area contributed by atoms with Gasteiger partial charge in [0.05, 0.1) is 18.0 Å². The van der Waals surface area contributed by atoms with Crippen molar-refractivity contribution in [2.45, 2.75) is 36.5 Å². The molecular formula is C28H41N5O5S2. The molecule has 0 aromatic heterocycles. The normalized spacial score (nSPS) is 20.5. The van der Waals surface area contributed by atoms with Gasteiger partial charge in [-0.3, -0.25) is 4.79 Å². The average Bonchev–Trinajstić information content (AvgIpc) is 2.95. The lowest BCUT2D eigenvalue weighted by atomic mass is 9.90. The fourth-order valence-electron chi connectivity index (χ4n) is 5.26. The van der Waals surface area contributed by atoms with E-state index in [1.165, 1.54) is 18.5 Å². The molecule has 220 valence electrons. The Morgan fingerprint density at radius 3 is 1.93 bits per heavy atom. The second kappa shape index (κ2) is 13.5. The summed E-state index contributed by atoms with van der Waals surface area (Å²) in [7, 11) is -4.09. The molecule has 0 spiro atoms. The molecule has 40 heavy (non-hydrogen) atoms. The Balaban J connectivity index is 1.47. The maximum Gasteiger partial charge on any atom is 0.282 e. The number of nitrogens with zero attached hydrogens (tertiary/aromatic N) is 4. The Bertz CT molecular complexity index is 1330. The van der Waals surface area contributed by atoms with E-state index in [1.807, 2.05) is 37.2 Å². The van der Waals surface area contributed by atoms with Crippen LogP contribution in [0.5, 0.6) is 0 Å². The van der Waals surface area contributed by atoms with Gasteiger partial charge in [-0.1, -0.05) is 30.3 Å². The van der Waals surface area contributed by atoms with Gasteiger partial charge in [-0.2, -0.15) is 21.3 Å². The highest BCUT2D eigenvalue weighted by molar-refractivity contribution is 7.89. The van der Waals surface area contributed by atoms with Gasteiger partial charge in [-0.15, -0.1) is 0 Å². The summed E-state index contributed by atoms with van der Waals surface area (Å²) < 4.78 is 58.2. The summed E-state index contributed by atoms with van der Waals surface area (Å²) in [4.78, 5) is 15.2. The van der Waals surface area contributed by atoms with Gasteiger partial charge in [0.2, 0.25) is 10.0 Å². The summed E-state index contributed by atoms with van der Waals surface area (Å²) >= 11 is 0. The lowest BCUT2D eigenvalue weighted by molar-refractivity contribution is -0.119. The van der Waals surface area contributed by atoms with E-state index in [0.717, 1.165) is 5.69 Å². The molecule has 2 aromatic rings. The van der Waals surface area contributed by atoms with Crippen LogP contribution < -0.4 is 10.2 Å². The molecule has 2 saturated heterocycles. The molecule has 12 heteroatoms. The number of rotatable bonds is 6. The summed E-state index contributed by atoms with van der Waals surface area (Å²) in [6, 6.07) is 16.6. The largest absolute Gasteiger partial charge is 0.378 e. The lowest BCUT2D eigenvalue weighted by Crippen LogP contribution is -2.50. The monoisotopic (exact) mass is 591 g/mol. The minimum absolute atomic E-state index is 0.108. The molecule has 0 amide bonds. The highest BCUT2D eigenvalue weighted by atomic mass is 32.2. The van der Waals surface area contributed by atoms with E-state index in [4.69, 9.17) is 0 Å². The first-order valence-electron chi connectivity index (χ1n) is 13.9. The van der Waals surface area contributed by atoms with Crippen molar-refractivity contribution in [1.29, 1.82) is 0 Å². The molecule has 0 aliphatic carbocycles. The van der Waals surface area contributed by atoms with E-state index in [0.29, 0.717) is 57.8 Å². The summed E-state index contributed by atoms with van der Waals surface area (Å²) in [6.45, 7) is 1.54. The molecule has 0 radical (unpaired) electrons. The van der Waals surface area contributed by atoms with E-state index in [2.05, 4.69) is 17.4 Å². The van der Waals surface area contributed by atoms with Crippen LogP contribution in [0.15, 0.2) is 59.5 Å². The van der Waals surface area contributed by atoms with Gasteiger partial charge < -0.3 is 10.2 Å². The number of hydrogen-bond donors (Lipinski definition) is 1. The zero-order valence-electron chi connectivity index (χ0n) is 23.4. The maximum atomic E-state index is 13.7. The molecule has 0 atom stereocenters. The van der Waals surface area contributed by atoms with Crippen molar-refractivity contribution < 1.29 is 21.6 Å². The molecule has 2 heterocycles. The average molecular weight is 592 g/mol. The van der Waals surface area contributed by atoms with Crippen molar-refractivity contribution in [3.63, 3.8) is 0 Å². The first kappa shape index (κ1) is 30.6. The molecule has 2 aliphatic heterocycles. The van der Waals surface area contributed by atoms with E-state index in [9.17, 15) is 21.6 Å². The van der Waals surface area contributed by atoms with Crippen LogP contribution in [0.4, 0.5) is 5.69 Å². The number of piperidine rings is 1. The van der Waals surface area contributed by atoms with Crippen molar-refractivity contribution in [2.75, 3.05) is 71.4 Å². The zero-order chi connectivity index (χ0) is 28.8. The molecule has 2 fully saturated rings. The van der Waals surface area contributed by atoms with Crippen LogP contribution >= 0.6 is 0 Å². The molecule has 0 unspecified atom stereocenters. The Morgan fingerprint density at radius 2 is 1.32 bits per heavy atom. The Labute approximate surface area is 239 Å². The molecule has 0 bridgehead atoms. The molecule has 2 aliphatic rings. The highest BCUT2D eigenvalue weighted by Gasteiger charge is 2.35. The van der Waals surface area contributed by atoms with Crippen LogP contribution in [-0.2, 0) is 25.0 Å². The standard InChI is InChI=1S/C28H41N5O5S2/c1-30(2)26-10-12-28(13-11-26)39(35,36)32-18-6-16-29-17-7-19-33(23-27(34)22-32)40(37,38)31-20-14-25(15-21-31)24-8-4-3-5-9-24/h3-5,8-13,25,29H,6-7,14-23H2,1-2H3. The SMILES string of the molecule is CN(C)c1ccc(S(=O)(=O)N2CCCNCCCN(S(=O)(=O)N3CCC(c4ccccc4)CC3)CC(=O)C2)cc1. The molecule has 0 saturated carbocycles. The van der Waals surface area contributed by atoms with Crippen molar-refractivity contribution >= 4 is 31.7 Å². The number of carbonyl (C=O) groups excluding carboxylic acids is 1. The maximum absolute atomic E-state index is 13.7. The Morgan fingerprint density at radius 1 is 0.750 bits per heavy atom. The summed E-state index contributed by atoms with van der Waals surface area (Å²) in [5, 5.41) is 3.27. The van der Waals surface area contributed by atoms with Gasteiger partial charge in [-0.05, 0) is 74.5 Å². The molecular weight excluding hydrogens is 550 g/mol. The van der Waals surface area contributed by atoms with Crippen LogP contribution in [0.3, 0.4) is 0 Å². The zero-order valence-corrected chi connectivity index (χ0v) is 25.0. The van der Waals surface area contributed by atoms with Gasteiger partial charge in [0.1, 0.15) is 0 Å². The molecule has 10 nitrogen and oxygen atoms in total. The minimum Gasteiger partial charge on any atom is -0.378 e. The lowest BCUT2D eigenvalue weighted by Gasteiger charge is -2.35. The van der Waals surface area contributed by atoms with Gasteiger partial charge >= 0.3 is 0 Å². The van der Waals surface area contributed by atoms with E-state index in [-0.39, 0.29) is 31.1 Å². The second-order valence-electron chi connectivity index (χ2n) is 10.6. The Hall–Kier alpha value is -2.35. The first-order valence-corrected chi connectivity index (χ1v) is 16.7. The van der Waals surface area contributed by atoms with Gasteiger partial charge in [0, 0.05) is 46.0 Å². The predicted octanol–water partition coefficient (Wildman–Crippen LogP) is 2.12. The fraction of sp³-hybridized carbons (Fsp3) is 0.536. The third-order valence-electron chi connectivity index (χ3n) is 7.60. The number of benzene rings is 2. The third kappa shape index (κ3) is 7.48. The minimum atomic E-state index is -3.94. The number of nitrogens with one attached hydrogen (secondary N) is 1. The highest BCUT2D eigenvalue weighted by Crippen LogP contribution is 2.30. The summed E-state index contributed by atoms with van der Waals surface area (Å²) in [5.41, 5.74) is 2.08. The van der Waals surface area contributed by atoms with E-state index in [1.54, 1.807) is 24.3 Å². The number of hydrogen-bond acceptors (Lipinski definition) is 7. The summed E-state index contributed by atoms with van der Waals surface area (Å²) in [5.74, 6) is -0.139. The number of ketones is 1. The van der Waals surface area contributed by atoms with Gasteiger partial charge in [0.25, 0.3) is 10.2 Å². The van der Waals surface area contributed by atoms with Crippen LogP contribution in [0.1, 0.15) is 37.2 Å². The van der Waals surface area contributed by atoms with Crippen LogP contribution in [0, 0.1) is 0 Å². The van der Waals surface area contributed by atoms with Crippen molar-refractivity contribution in [2.24, 2.45) is 0 Å². The van der Waals surface area contributed by atoms with Gasteiger partial charge in [-0.25, -0.2) is 8.42 Å². The van der Waals surface area contributed by atoms with Crippen molar-refractivity contribution in [3.8, 4) is 0 Å². The number of carbonyl (C=O) groups is 1. The predicted molar refractivity (Wildman–Crippen MR) is 157 cm³/mol. The van der Waals surface area contributed by atoms with E-state index < -0.39 is 26.0 Å². The number of sulfonamides is 1. The number of anilines is 1. The van der Waals surface area contributed by atoms with Crippen LogP contribution in [0.25, 0.3) is 0 Å². The van der Waals surface area contributed by atoms with Crippen molar-refractivity contribution in [1.82, 2.24) is 18.2 Å². The first-order chi connectivity index (χ1) is 19.1. The second-order valence-corrected chi connectivity index (χ2v) is 14.5. The number of Topliss-reactive ketones (excluding diaryl/α,β-unsaturated/α-hetero) is 1. The molecule has 4 rings (SSSR count). The van der Waals surface area contributed by atoms with Crippen molar-refractivity contribution in [3.05, 3.63) is 60.2 Å². The molecule has 1 N–H and O–H groups in total. The van der Waals surface area contributed by atoms with Crippen LogP contribution in [0.2, 0.25) is 0 Å². The molecule has 2 aromatic carbocycles. The third-order valence-corrected chi connectivity index (χ3v) is 11.4. The summed E-state index contributed by atoms with van der Waals surface area (Å²) in [6.07, 6.45) is 2.53. The topological polar surface area (TPSA) is 110 Å². The quantitative estimate of drug-likeness (QED) is 0.548. The van der Waals surface area contributed by atoms with Crippen LogP contribution in [-0.4, -0.2) is 102 Å².